The Morgan fingerprint density at radius 1 is 1.35 bits per heavy atom. The molecule has 0 spiro atoms. The van der Waals surface area contributed by atoms with Crippen molar-refractivity contribution in [1.82, 2.24) is 4.31 Å². The fourth-order valence-corrected chi connectivity index (χ4v) is 4.13. The average molecular weight is 362 g/mol. The van der Waals surface area contributed by atoms with E-state index in [1.807, 2.05) is 0 Å². The topological polar surface area (TPSA) is 72.9 Å². The molecule has 1 aromatic rings. The normalized spacial score (nSPS) is 17.0. The van der Waals surface area contributed by atoms with Crippen molar-refractivity contribution in [1.29, 1.82) is 0 Å². The van der Waals surface area contributed by atoms with Gasteiger partial charge < -0.3 is 9.47 Å². The number of benzene rings is 1. The van der Waals surface area contributed by atoms with Gasteiger partial charge in [0.15, 0.2) is 6.61 Å². The molecule has 0 atom stereocenters. The molecule has 6 nitrogen and oxygen atoms in total. The van der Waals surface area contributed by atoms with Crippen LogP contribution in [0.4, 0.5) is 0 Å². The molecule has 23 heavy (non-hydrogen) atoms. The molecular weight excluding hydrogens is 342 g/mol. The standard InChI is InChI=1S/C15H20ClNO5S/c1-11-5-7-17(8-6-11)23(19,20)12-3-4-14(13(16)9-12)22-10-15(18)21-2/h3-4,9,11H,5-8,10H2,1-2H3. The van der Waals surface area contributed by atoms with Crippen LogP contribution in [0.5, 0.6) is 5.75 Å². The van der Waals surface area contributed by atoms with Crippen molar-refractivity contribution < 1.29 is 22.7 Å². The minimum atomic E-state index is -3.56. The third-order valence-corrected chi connectivity index (χ3v) is 6.05. The summed E-state index contributed by atoms with van der Waals surface area (Å²) < 4.78 is 36.4. The van der Waals surface area contributed by atoms with Gasteiger partial charge in [0.25, 0.3) is 0 Å². The summed E-state index contributed by atoms with van der Waals surface area (Å²) in [5.74, 6) is 0.239. The summed E-state index contributed by atoms with van der Waals surface area (Å²) >= 11 is 6.06. The molecule has 0 bridgehead atoms. The van der Waals surface area contributed by atoms with E-state index in [2.05, 4.69) is 11.7 Å². The minimum absolute atomic E-state index is 0.127. The summed E-state index contributed by atoms with van der Waals surface area (Å²) in [5.41, 5.74) is 0. The lowest BCUT2D eigenvalue weighted by Gasteiger charge is -2.29. The van der Waals surface area contributed by atoms with Crippen molar-refractivity contribution in [2.75, 3.05) is 26.8 Å². The summed E-state index contributed by atoms with van der Waals surface area (Å²) in [4.78, 5) is 11.2. The molecule has 1 saturated heterocycles. The summed E-state index contributed by atoms with van der Waals surface area (Å²) in [6.45, 7) is 2.87. The third-order valence-electron chi connectivity index (χ3n) is 3.86. The maximum Gasteiger partial charge on any atom is 0.343 e. The van der Waals surface area contributed by atoms with Gasteiger partial charge in [-0.15, -0.1) is 0 Å². The van der Waals surface area contributed by atoms with Crippen LogP contribution in [0, 0.1) is 5.92 Å². The summed E-state index contributed by atoms with van der Waals surface area (Å²) in [7, 11) is -2.31. The highest BCUT2D eigenvalue weighted by Gasteiger charge is 2.28. The predicted octanol–water partition coefficient (Wildman–Crippen LogP) is 2.31. The lowest BCUT2D eigenvalue weighted by molar-refractivity contribution is -0.142. The van der Waals surface area contributed by atoms with E-state index in [1.54, 1.807) is 0 Å². The molecule has 8 heteroatoms. The number of halogens is 1. The van der Waals surface area contributed by atoms with Crippen LogP contribution in [0.2, 0.25) is 5.02 Å². The van der Waals surface area contributed by atoms with Crippen molar-refractivity contribution in [3.05, 3.63) is 23.2 Å². The SMILES string of the molecule is COC(=O)COc1ccc(S(=O)(=O)N2CCC(C)CC2)cc1Cl. The molecule has 1 aliphatic rings. The maximum atomic E-state index is 12.6. The van der Waals surface area contributed by atoms with Gasteiger partial charge in [-0.2, -0.15) is 4.31 Å². The molecule has 2 rings (SSSR count). The van der Waals surface area contributed by atoms with Crippen LogP contribution < -0.4 is 4.74 Å². The van der Waals surface area contributed by atoms with Gasteiger partial charge in [-0.1, -0.05) is 18.5 Å². The number of ether oxygens (including phenoxy) is 2. The Kier molecular flexibility index (Phi) is 5.89. The van der Waals surface area contributed by atoms with Crippen LogP contribution >= 0.6 is 11.6 Å². The molecular formula is C15H20ClNO5S. The van der Waals surface area contributed by atoms with Crippen LogP contribution in [-0.4, -0.2) is 45.5 Å². The molecule has 0 N–H and O–H groups in total. The molecule has 0 amide bonds. The van der Waals surface area contributed by atoms with E-state index in [9.17, 15) is 13.2 Å². The van der Waals surface area contributed by atoms with Crippen molar-refractivity contribution in [3.63, 3.8) is 0 Å². The second-order valence-electron chi connectivity index (χ2n) is 5.54. The van der Waals surface area contributed by atoms with Gasteiger partial charge in [0.2, 0.25) is 10.0 Å². The Labute approximate surface area is 141 Å². The molecule has 1 aliphatic heterocycles. The molecule has 1 heterocycles. The monoisotopic (exact) mass is 361 g/mol. The largest absolute Gasteiger partial charge is 0.480 e. The first kappa shape index (κ1) is 18.0. The minimum Gasteiger partial charge on any atom is -0.480 e. The number of hydrogen-bond donors (Lipinski definition) is 0. The van der Waals surface area contributed by atoms with Crippen LogP contribution in [0.25, 0.3) is 0 Å². The first-order chi connectivity index (χ1) is 10.8. The Morgan fingerprint density at radius 2 is 2.00 bits per heavy atom. The van der Waals surface area contributed by atoms with Crippen LogP contribution in [0.15, 0.2) is 23.1 Å². The Hall–Kier alpha value is -1.31. The maximum absolute atomic E-state index is 12.6. The fraction of sp³-hybridized carbons (Fsp3) is 0.533. The van der Waals surface area contributed by atoms with E-state index < -0.39 is 16.0 Å². The quantitative estimate of drug-likeness (QED) is 0.752. The second kappa shape index (κ2) is 7.51. The molecule has 1 fully saturated rings. The van der Waals surface area contributed by atoms with Crippen LogP contribution in [-0.2, 0) is 19.6 Å². The molecule has 0 radical (unpaired) electrons. The summed E-state index contributed by atoms with van der Waals surface area (Å²) in [5, 5.41) is 0.139. The van der Waals surface area contributed by atoms with Gasteiger partial charge in [-0.05, 0) is 37.0 Å². The van der Waals surface area contributed by atoms with E-state index >= 15 is 0 Å². The number of rotatable bonds is 5. The van der Waals surface area contributed by atoms with Gasteiger partial charge in [0.05, 0.1) is 17.0 Å². The van der Waals surface area contributed by atoms with E-state index in [0.717, 1.165) is 12.8 Å². The number of esters is 1. The van der Waals surface area contributed by atoms with Crippen LogP contribution in [0.1, 0.15) is 19.8 Å². The first-order valence-corrected chi connectivity index (χ1v) is 9.15. The predicted molar refractivity (Wildman–Crippen MR) is 86.1 cm³/mol. The number of carbonyl (C=O) groups is 1. The molecule has 0 aromatic heterocycles. The van der Waals surface area contributed by atoms with Gasteiger partial charge >= 0.3 is 5.97 Å². The van der Waals surface area contributed by atoms with Gasteiger partial charge in [0, 0.05) is 13.1 Å². The lowest BCUT2D eigenvalue weighted by atomic mass is 10.0. The molecule has 0 saturated carbocycles. The smallest absolute Gasteiger partial charge is 0.343 e. The van der Waals surface area contributed by atoms with Crippen LogP contribution in [0.3, 0.4) is 0 Å². The number of piperidine rings is 1. The van der Waals surface area contributed by atoms with Gasteiger partial charge in [-0.25, -0.2) is 13.2 Å². The number of hydrogen-bond acceptors (Lipinski definition) is 5. The second-order valence-corrected chi connectivity index (χ2v) is 7.89. The number of sulfonamides is 1. The average Bonchev–Trinajstić information content (AvgIpc) is 2.53. The number of methoxy groups -OCH3 is 1. The van der Waals surface area contributed by atoms with Gasteiger partial charge in [-0.3, -0.25) is 0 Å². The molecule has 0 aliphatic carbocycles. The van der Waals surface area contributed by atoms with Crippen molar-refractivity contribution in [3.8, 4) is 5.75 Å². The molecule has 0 unspecified atom stereocenters. The summed E-state index contributed by atoms with van der Waals surface area (Å²) in [6, 6.07) is 4.23. The highest BCUT2D eigenvalue weighted by atomic mass is 35.5. The molecule has 128 valence electrons. The number of nitrogens with zero attached hydrogens (tertiary/aromatic N) is 1. The van der Waals surface area contributed by atoms with Crippen molar-refractivity contribution >= 4 is 27.6 Å². The van der Waals surface area contributed by atoms with E-state index in [-0.39, 0.29) is 22.3 Å². The zero-order valence-corrected chi connectivity index (χ0v) is 14.7. The highest BCUT2D eigenvalue weighted by molar-refractivity contribution is 7.89. The zero-order chi connectivity index (χ0) is 17.0. The Balaban J connectivity index is 2.14. The van der Waals surface area contributed by atoms with E-state index in [4.69, 9.17) is 16.3 Å². The highest BCUT2D eigenvalue weighted by Crippen LogP contribution is 2.30. The van der Waals surface area contributed by atoms with Crippen molar-refractivity contribution in [2.24, 2.45) is 5.92 Å². The van der Waals surface area contributed by atoms with Crippen molar-refractivity contribution in [2.45, 2.75) is 24.7 Å². The molecule has 1 aromatic carbocycles. The van der Waals surface area contributed by atoms with E-state index in [1.165, 1.54) is 29.6 Å². The number of carbonyl (C=O) groups excluding carboxylic acids is 1. The first-order valence-electron chi connectivity index (χ1n) is 7.34. The fourth-order valence-electron chi connectivity index (χ4n) is 2.33. The Morgan fingerprint density at radius 3 is 2.57 bits per heavy atom. The van der Waals surface area contributed by atoms with E-state index in [0.29, 0.717) is 19.0 Å². The zero-order valence-electron chi connectivity index (χ0n) is 13.1. The lowest BCUT2D eigenvalue weighted by Crippen LogP contribution is -2.37. The van der Waals surface area contributed by atoms with Gasteiger partial charge in [0.1, 0.15) is 5.75 Å². The summed E-state index contributed by atoms with van der Waals surface area (Å²) in [6.07, 6.45) is 1.71. The third kappa shape index (κ3) is 4.37. The Bertz CT molecular complexity index is 668.